The maximum Gasteiger partial charge on any atom is 0.227 e. The Bertz CT molecular complexity index is 1850. The minimum Gasteiger partial charge on any atom is -0.336 e. The number of rotatable bonds is 5. The first-order valence-electron chi connectivity index (χ1n) is 13.3. The van der Waals surface area contributed by atoms with Crippen LogP contribution in [0, 0.1) is 11.7 Å². The molecule has 3 N–H and O–H groups in total. The number of hydrogen-bond donors (Lipinski definition) is 3. The molecule has 1 fully saturated rings. The van der Waals surface area contributed by atoms with Crippen LogP contribution in [-0.4, -0.2) is 41.0 Å². The molecule has 1 aliphatic carbocycles. The highest BCUT2D eigenvalue weighted by molar-refractivity contribution is 5.95. The molecular weight excluding hydrogens is 507 g/mol. The molecule has 0 radical (unpaired) electrons. The smallest absolute Gasteiger partial charge is 0.227 e. The Hall–Kier alpha value is -4.99. The number of carbonyl (C=O) groups excluding carboxylic acids is 1. The second-order valence-corrected chi connectivity index (χ2v) is 10.1. The van der Waals surface area contributed by atoms with Crippen LogP contribution in [0.25, 0.3) is 56.1 Å². The second kappa shape index (κ2) is 9.96. The molecule has 1 aromatic carbocycles. The lowest BCUT2D eigenvalue weighted by atomic mass is 9.88. The van der Waals surface area contributed by atoms with E-state index in [0.29, 0.717) is 39.6 Å². The zero-order valence-corrected chi connectivity index (χ0v) is 21.5. The average Bonchev–Trinajstić information content (AvgIpc) is 3.62. The quantitative estimate of drug-likeness (QED) is 0.240. The summed E-state index contributed by atoms with van der Waals surface area (Å²) < 4.78 is 13.5. The Kier molecular flexibility index (Phi) is 5.99. The van der Waals surface area contributed by atoms with E-state index < -0.39 is 0 Å². The third-order valence-electron chi connectivity index (χ3n) is 7.43. The van der Waals surface area contributed by atoms with Gasteiger partial charge in [0.15, 0.2) is 11.5 Å². The minimum atomic E-state index is -0.309. The molecule has 1 amide bonds. The SMILES string of the molecule is O=C(Nc1cncc(-c2ccc3[nH]nc(-c4nc5c(-c6ccc(F)cc6)nccc5[nH]4)c3n2)c1)C1CCCCC1. The van der Waals surface area contributed by atoms with Crippen molar-refractivity contribution >= 4 is 33.7 Å². The number of carbonyl (C=O) groups is 1. The number of anilines is 1. The van der Waals surface area contributed by atoms with Crippen LogP contribution in [0.4, 0.5) is 10.1 Å². The van der Waals surface area contributed by atoms with Gasteiger partial charge in [-0.2, -0.15) is 5.10 Å². The highest BCUT2D eigenvalue weighted by Crippen LogP contribution is 2.31. The first-order chi connectivity index (χ1) is 19.6. The Morgan fingerprint density at radius 1 is 0.875 bits per heavy atom. The number of nitrogens with one attached hydrogen (secondary N) is 3. The van der Waals surface area contributed by atoms with Crippen LogP contribution >= 0.6 is 0 Å². The molecule has 0 atom stereocenters. The fraction of sp³-hybridized carbons (Fsp3) is 0.200. The van der Waals surface area contributed by atoms with Crippen molar-refractivity contribution in [3.63, 3.8) is 0 Å². The summed E-state index contributed by atoms with van der Waals surface area (Å²) >= 11 is 0. The van der Waals surface area contributed by atoms with Crippen molar-refractivity contribution < 1.29 is 9.18 Å². The number of fused-ring (bicyclic) bond motifs is 2. The maximum atomic E-state index is 13.5. The normalized spacial score (nSPS) is 14.1. The molecular formula is C30H25FN8O. The van der Waals surface area contributed by atoms with Crippen LogP contribution in [-0.2, 0) is 4.79 Å². The Balaban J connectivity index is 1.22. The molecule has 40 heavy (non-hydrogen) atoms. The highest BCUT2D eigenvalue weighted by atomic mass is 19.1. The molecule has 198 valence electrons. The predicted molar refractivity (Wildman–Crippen MR) is 151 cm³/mol. The molecule has 9 nitrogen and oxygen atoms in total. The summed E-state index contributed by atoms with van der Waals surface area (Å²) in [4.78, 5) is 34.6. The number of H-pyrrole nitrogens is 2. The Morgan fingerprint density at radius 2 is 1.70 bits per heavy atom. The lowest BCUT2D eigenvalue weighted by molar-refractivity contribution is -0.120. The van der Waals surface area contributed by atoms with Crippen molar-refractivity contribution in [2.75, 3.05) is 5.32 Å². The second-order valence-electron chi connectivity index (χ2n) is 10.1. The van der Waals surface area contributed by atoms with E-state index in [2.05, 4.69) is 30.5 Å². The van der Waals surface area contributed by atoms with Gasteiger partial charge in [0.2, 0.25) is 5.91 Å². The number of aromatic amines is 2. The minimum absolute atomic E-state index is 0.0542. The van der Waals surface area contributed by atoms with E-state index >= 15 is 0 Å². The number of amides is 1. The lowest BCUT2D eigenvalue weighted by Crippen LogP contribution is -2.24. The molecule has 0 spiro atoms. The van der Waals surface area contributed by atoms with Crippen LogP contribution in [0.2, 0.25) is 0 Å². The molecule has 10 heteroatoms. The van der Waals surface area contributed by atoms with Gasteiger partial charge in [0.1, 0.15) is 16.9 Å². The molecule has 5 aromatic heterocycles. The zero-order valence-electron chi connectivity index (χ0n) is 21.5. The standard InChI is InChI=1S/C30H25FN8O/c31-20-8-6-17(7-9-20)25-26-23(12-13-33-25)36-29(37-26)28-27-24(38-39-28)11-10-22(35-27)19-14-21(16-32-15-19)34-30(40)18-4-2-1-3-5-18/h6-16,18H,1-5H2,(H,34,40)(H,36,37)(H,38,39). The first-order valence-corrected chi connectivity index (χ1v) is 13.3. The monoisotopic (exact) mass is 532 g/mol. The van der Waals surface area contributed by atoms with E-state index in [0.717, 1.165) is 47.8 Å². The van der Waals surface area contributed by atoms with Crippen LogP contribution in [0.3, 0.4) is 0 Å². The molecule has 7 rings (SSSR count). The van der Waals surface area contributed by atoms with Gasteiger partial charge in [-0.3, -0.25) is 19.9 Å². The fourth-order valence-electron chi connectivity index (χ4n) is 5.35. The fourth-order valence-corrected chi connectivity index (χ4v) is 5.35. The number of benzene rings is 1. The van der Waals surface area contributed by atoms with Crippen LogP contribution in [0.1, 0.15) is 32.1 Å². The van der Waals surface area contributed by atoms with E-state index in [1.165, 1.54) is 18.6 Å². The number of halogens is 1. The molecule has 0 aliphatic heterocycles. The van der Waals surface area contributed by atoms with Crippen molar-refractivity contribution in [2.45, 2.75) is 32.1 Å². The molecule has 1 aliphatic rings. The van der Waals surface area contributed by atoms with E-state index in [-0.39, 0.29) is 17.6 Å². The Labute approximate surface area is 228 Å². The summed E-state index contributed by atoms with van der Waals surface area (Å²) in [6.07, 6.45) is 10.3. The molecule has 0 unspecified atom stereocenters. The van der Waals surface area contributed by atoms with Crippen molar-refractivity contribution in [1.82, 2.24) is 35.1 Å². The van der Waals surface area contributed by atoms with Crippen molar-refractivity contribution in [3.8, 4) is 34.0 Å². The van der Waals surface area contributed by atoms with Crippen molar-refractivity contribution in [3.05, 3.63) is 72.9 Å². The number of aromatic nitrogens is 7. The number of hydrogen-bond acceptors (Lipinski definition) is 6. The highest BCUT2D eigenvalue weighted by Gasteiger charge is 2.22. The lowest BCUT2D eigenvalue weighted by Gasteiger charge is -2.20. The van der Waals surface area contributed by atoms with Gasteiger partial charge in [0, 0.05) is 29.4 Å². The summed E-state index contributed by atoms with van der Waals surface area (Å²) in [6.45, 7) is 0. The van der Waals surface area contributed by atoms with Crippen LogP contribution in [0.5, 0.6) is 0 Å². The van der Waals surface area contributed by atoms with Crippen LogP contribution < -0.4 is 5.32 Å². The predicted octanol–water partition coefficient (Wildman–Crippen LogP) is 6.28. The van der Waals surface area contributed by atoms with E-state index in [4.69, 9.17) is 9.97 Å². The van der Waals surface area contributed by atoms with Crippen molar-refractivity contribution in [2.24, 2.45) is 5.92 Å². The largest absolute Gasteiger partial charge is 0.336 e. The summed E-state index contributed by atoms with van der Waals surface area (Å²) in [7, 11) is 0. The molecule has 1 saturated carbocycles. The number of nitrogens with zero attached hydrogens (tertiary/aromatic N) is 5. The third kappa shape index (κ3) is 4.47. The summed E-state index contributed by atoms with van der Waals surface area (Å²) in [5, 5.41) is 10.6. The van der Waals surface area contributed by atoms with Gasteiger partial charge in [-0.1, -0.05) is 19.3 Å². The first kappa shape index (κ1) is 24.1. The van der Waals surface area contributed by atoms with E-state index in [9.17, 15) is 9.18 Å². The Morgan fingerprint density at radius 3 is 2.55 bits per heavy atom. The topological polar surface area (TPSA) is 125 Å². The molecule has 5 heterocycles. The van der Waals surface area contributed by atoms with Crippen LogP contribution in [0.15, 0.2) is 67.1 Å². The third-order valence-corrected chi connectivity index (χ3v) is 7.43. The summed E-state index contributed by atoms with van der Waals surface area (Å²) in [5.74, 6) is 0.339. The molecule has 0 bridgehead atoms. The summed E-state index contributed by atoms with van der Waals surface area (Å²) in [5.41, 5.74) is 6.93. The van der Waals surface area contributed by atoms with Crippen molar-refractivity contribution in [1.29, 1.82) is 0 Å². The van der Waals surface area contributed by atoms with Gasteiger partial charge in [-0.05, 0) is 61.4 Å². The molecule has 6 aromatic rings. The number of pyridine rings is 3. The summed E-state index contributed by atoms with van der Waals surface area (Å²) in [6, 6.07) is 13.7. The average molecular weight is 533 g/mol. The number of imidazole rings is 1. The van der Waals surface area contributed by atoms with E-state index in [1.54, 1.807) is 30.7 Å². The zero-order chi connectivity index (χ0) is 27.1. The van der Waals surface area contributed by atoms with Gasteiger partial charge < -0.3 is 10.3 Å². The van der Waals surface area contributed by atoms with Gasteiger partial charge in [0.05, 0.1) is 34.3 Å². The van der Waals surface area contributed by atoms with Gasteiger partial charge in [-0.25, -0.2) is 14.4 Å². The maximum absolute atomic E-state index is 13.5. The molecule has 0 saturated heterocycles. The van der Waals surface area contributed by atoms with Gasteiger partial charge in [0.25, 0.3) is 0 Å². The van der Waals surface area contributed by atoms with Gasteiger partial charge >= 0.3 is 0 Å². The van der Waals surface area contributed by atoms with E-state index in [1.807, 2.05) is 24.3 Å². The van der Waals surface area contributed by atoms with Gasteiger partial charge in [-0.15, -0.1) is 0 Å².